The molecule has 0 atom stereocenters. The van der Waals surface area contributed by atoms with Crippen LogP contribution in [-0.4, -0.2) is 44.3 Å². The van der Waals surface area contributed by atoms with E-state index in [-0.39, 0.29) is 16.8 Å². The topological polar surface area (TPSA) is 104 Å². The maximum Gasteiger partial charge on any atom is 0.324 e. The average Bonchev–Trinajstić information content (AvgIpc) is 3.13. The Labute approximate surface area is 139 Å². The zero-order valence-electron chi connectivity index (χ0n) is 13.6. The molecular weight excluding hydrogens is 312 g/mol. The van der Waals surface area contributed by atoms with Gasteiger partial charge in [-0.3, -0.25) is 14.6 Å². The van der Waals surface area contributed by atoms with Gasteiger partial charge in [0.25, 0.3) is 0 Å². The number of benzene rings is 1. The van der Waals surface area contributed by atoms with E-state index in [1.807, 2.05) is 6.07 Å². The van der Waals surface area contributed by atoms with E-state index in [1.54, 1.807) is 17.1 Å². The van der Waals surface area contributed by atoms with Gasteiger partial charge in [0.2, 0.25) is 0 Å². The average molecular weight is 330 g/mol. The van der Waals surface area contributed by atoms with Crippen LogP contribution in [0.4, 0.5) is 5.69 Å². The number of nitrogens with zero attached hydrogens (tertiary/aromatic N) is 4. The highest BCUT2D eigenvalue weighted by Gasteiger charge is 2.33. The molecule has 8 nitrogen and oxygen atoms in total. The molecule has 0 aromatic heterocycles. The monoisotopic (exact) mass is 330 g/mol. The number of carbonyl (C=O) groups is 2. The minimum Gasteiger partial charge on any atom is -0.468 e. The van der Waals surface area contributed by atoms with Crippen LogP contribution in [0.2, 0.25) is 0 Å². The summed E-state index contributed by atoms with van der Waals surface area (Å²) in [6, 6.07) is 6.66. The second-order valence-corrected chi connectivity index (χ2v) is 5.18. The maximum atomic E-state index is 12.0. The minimum atomic E-state index is -1.32. The van der Waals surface area contributed by atoms with Gasteiger partial charge in [0, 0.05) is 18.7 Å². The summed E-state index contributed by atoms with van der Waals surface area (Å²) in [5.41, 5.74) is 0.622. The molecule has 0 saturated carbocycles. The summed E-state index contributed by atoms with van der Waals surface area (Å²) in [5, 5.41) is 19.3. The number of rotatable bonds is 5. The van der Waals surface area contributed by atoms with Crippen LogP contribution in [-0.2, 0) is 19.1 Å². The minimum absolute atomic E-state index is 0.174. The molecule has 126 valence electrons. The van der Waals surface area contributed by atoms with Crippen molar-refractivity contribution < 1.29 is 19.1 Å². The summed E-state index contributed by atoms with van der Waals surface area (Å²) >= 11 is 0. The molecule has 1 fully saturated rings. The molecule has 0 aliphatic carbocycles. The van der Waals surface area contributed by atoms with Crippen molar-refractivity contribution in [1.82, 2.24) is 5.01 Å². The van der Waals surface area contributed by atoms with Crippen LogP contribution in [0.1, 0.15) is 29.9 Å². The normalized spacial score (nSPS) is 14.0. The molecule has 8 heteroatoms. The van der Waals surface area contributed by atoms with Gasteiger partial charge in [-0.1, -0.05) is 17.4 Å². The molecule has 1 aliphatic heterocycles. The Kier molecular flexibility index (Phi) is 5.84. The predicted molar refractivity (Wildman–Crippen MR) is 83.3 cm³/mol. The summed E-state index contributed by atoms with van der Waals surface area (Å²) in [7, 11) is 2.36. The fourth-order valence-electron chi connectivity index (χ4n) is 2.48. The summed E-state index contributed by atoms with van der Waals surface area (Å²) < 4.78 is 9.38. The molecule has 1 aromatic carbocycles. The van der Waals surface area contributed by atoms with Crippen LogP contribution >= 0.6 is 0 Å². The zero-order chi connectivity index (χ0) is 17.5. The molecule has 0 amide bonds. The highest BCUT2D eigenvalue weighted by molar-refractivity contribution is 6.02. The fraction of sp³-hybridized carbons (Fsp3) is 0.438. The van der Waals surface area contributed by atoms with E-state index in [9.17, 15) is 14.9 Å². The van der Waals surface area contributed by atoms with E-state index in [1.165, 1.54) is 20.3 Å². The van der Waals surface area contributed by atoms with Gasteiger partial charge in [0.1, 0.15) is 11.8 Å². The molecule has 0 unspecified atom stereocenters. The van der Waals surface area contributed by atoms with Crippen LogP contribution in [0, 0.1) is 11.3 Å². The first kappa shape index (κ1) is 17.4. The number of carbonyl (C=O) groups excluding carboxylic acids is 2. The van der Waals surface area contributed by atoms with Gasteiger partial charge < -0.3 is 9.47 Å². The van der Waals surface area contributed by atoms with Gasteiger partial charge in [0.05, 0.1) is 19.8 Å². The number of hydrogen-bond acceptors (Lipinski definition) is 7. The van der Waals surface area contributed by atoms with E-state index >= 15 is 0 Å². The van der Waals surface area contributed by atoms with E-state index in [4.69, 9.17) is 9.47 Å². The Hall–Kier alpha value is -2.95. The third kappa shape index (κ3) is 3.68. The molecule has 0 spiro atoms. The van der Waals surface area contributed by atoms with Crippen molar-refractivity contribution in [3.63, 3.8) is 0 Å². The molecule has 1 aliphatic rings. The van der Waals surface area contributed by atoms with Gasteiger partial charge in [-0.15, -0.1) is 5.11 Å². The van der Waals surface area contributed by atoms with Crippen molar-refractivity contribution in [2.24, 2.45) is 10.3 Å². The lowest BCUT2D eigenvalue weighted by molar-refractivity contribution is -0.154. The van der Waals surface area contributed by atoms with Gasteiger partial charge in [0.15, 0.2) is 5.92 Å². The highest BCUT2D eigenvalue weighted by atomic mass is 16.5. The number of nitriles is 1. The maximum absolute atomic E-state index is 12.0. The lowest BCUT2D eigenvalue weighted by Crippen LogP contribution is -2.24. The summed E-state index contributed by atoms with van der Waals surface area (Å²) in [6.45, 7) is 1.57. The zero-order valence-corrected chi connectivity index (χ0v) is 13.6. The van der Waals surface area contributed by atoms with Crippen molar-refractivity contribution in [2.45, 2.75) is 18.8 Å². The molecule has 1 aromatic rings. The Morgan fingerprint density at radius 2 is 1.83 bits per heavy atom. The second kappa shape index (κ2) is 8.06. The van der Waals surface area contributed by atoms with Crippen LogP contribution < -0.4 is 0 Å². The first-order chi connectivity index (χ1) is 11.6. The largest absolute Gasteiger partial charge is 0.468 e. The van der Waals surface area contributed by atoms with Crippen molar-refractivity contribution in [3.8, 4) is 6.07 Å². The van der Waals surface area contributed by atoms with E-state index in [0.29, 0.717) is 0 Å². The second-order valence-electron chi connectivity index (χ2n) is 5.18. The molecule has 1 heterocycles. The van der Waals surface area contributed by atoms with Gasteiger partial charge in [-0.05, 0) is 18.9 Å². The van der Waals surface area contributed by atoms with Crippen molar-refractivity contribution in [1.29, 1.82) is 5.26 Å². The van der Waals surface area contributed by atoms with Crippen molar-refractivity contribution in [2.75, 3.05) is 27.3 Å². The first-order valence-corrected chi connectivity index (χ1v) is 7.47. The Bertz CT molecular complexity index is 674. The van der Waals surface area contributed by atoms with E-state index < -0.39 is 17.9 Å². The van der Waals surface area contributed by atoms with Crippen LogP contribution in [0.5, 0.6) is 0 Å². The fourth-order valence-corrected chi connectivity index (χ4v) is 2.48. The van der Waals surface area contributed by atoms with Crippen molar-refractivity contribution >= 4 is 17.6 Å². The lowest BCUT2D eigenvalue weighted by atomic mass is 9.95. The van der Waals surface area contributed by atoms with E-state index in [0.717, 1.165) is 25.9 Å². The Balaban J connectivity index is 2.49. The number of methoxy groups -OCH3 is 2. The third-order valence-corrected chi connectivity index (χ3v) is 3.73. The number of esters is 2. The van der Waals surface area contributed by atoms with Gasteiger partial charge >= 0.3 is 11.9 Å². The quantitative estimate of drug-likeness (QED) is 0.465. The number of hydrogen-bond donors (Lipinski definition) is 0. The molecule has 0 radical (unpaired) electrons. The van der Waals surface area contributed by atoms with Crippen molar-refractivity contribution in [3.05, 3.63) is 29.3 Å². The lowest BCUT2D eigenvalue weighted by Gasteiger charge is -2.15. The molecule has 0 N–H and O–H groups in total. The van der Waals surface area contributed by atoms with Crippen LogP contribution in [0.3, 0.4) is 0 Å². The molecular formula is C16H18N4O4. The predicted octanol–water partition coefficient (Wildman–Crippen LogP) is 2.08. The molecule has 0 bridgehead atoms. The molecule has 1 saturated heterocycles. The standard InChI is InChI=1S/C16H18N4O4/c1-23-15(21)13(16(22)24-2)12-7-5-6-11(10-17)14(12)18-19-20-8-3-4-9-20/h5-7,13H,3-4,8-9H2,1-2H3. The summed E-state index contributed by atoms with van der Waals surface area (Å²) in [4.78, 5) is 24.1. The summed E-state index contributed by atoms with van der Waals surface area (Å²) in [6.07, 6.45) is 2.05. The SMILES string of the molecule is COC(=O)C(C(=O)OC)c1cccc(C#N)c1N=NN1CCCC1. The van der Waals surface area contributed by atoms with Crippen LogP contribution in [0.25, 0.3) is 0 Å². The highest BCUT2D eigenvalue weighted by Crippen LogP contribution is 2.32. The first-order valence-electron chi connectivity index (χ1n) is 7.47. The third-order valence-electron chi connectivity index (χ3n) is 3.73. The summed E-state index contributed by atoms with van der Waals surface area (Å²) in [5.74, 6) is -2.88. The smallest absolute Gasteiger partial charge is 0.324 e. The van der Waals surface area contributed by atoms with Crippen LogP contribution in [0.15, 0.2) is 28.5 Å². The molecule has 24 heavy (non-hydrogen) atoms. The van der Waals surface area contributed by atoms with E-state index in [2.05, 4.69) is 10.3 Å². The Morgan fingerprint density at radius 3 is 2.38 bits per heavy atom. The van der Waals surface area contributed by atoms with Gasteiger partial charge in [-0.2, -0.15) is 5.26 Å². The Morgan fingerprint density at radius 1 is 1.21 bits per heavy atom. The van der Waals surface area contributed by atoms with Gasteiger partial charge in [-0.25, -0.2) is 0 Å². The molecule has 2 rings (SSSR count). The number of ether oxygens (including phenoxy) is 2.